The number of esters is 1. The van der Waals surface area contributed by atoms with Crippen LogP contribution >= 0.6 is 0 Å². The van der Waals surface area contributed by atoms with Crippen LogP contribution in [0.1, 0.15) is 17.3 Å². The summed E-state index contributed by atoms with van der Waals surface area (Å²) in [5.41, 5.74) is 1.29. The number of likely N-dealkylation sites (N-methyl/N-ethyl adjacent to an activating group) is 2. The number of amides is 1. The summed E-state index contributed by atoms with van der Waals surface area (Å²) in [5.74, 6) is 0.424. The van der Waals surface area contributed by atoms with Crippen molar-refractivity contribution in [2.45, 2.75) is 6.92 Å². The molecular formula is C19H25N3O5. The zero-order valence-corrected chi connectivity index (χ0v) is 16.5. The lowest BCUT2D eigenvalue weighted by molar-refractivity contribution is -0.127. The highest BCUT2D eigenvalue weighted by atomic mass is 16.5. The average Bonchev–Trinajstić information content (AvgIpc) is 2.65. The van der Waals surface area contributed by atoms with Gasteiger partial charge in [0, 0.05) is 27.3 Å². The molecule has 1 amide bonds. The zero-order chi connectivity index (χ0) is 20.1. The van der Waals surface area contributed by atoms with Crippen LogP contribution in [0.15, 0.2) is 18.3 Å². The second kappa shape index (κ2) is 8.57. The van der Waals surface area contributed by atoms with Crippen LogP contribution in [0.25, 0.3) is 10.9 Å². The Morgan fingerprint density at radius 3 is 2.26 bits per heavy atom. The van der Waals surface area contributed by atoms with Gasteiger partial charge < -0.3 is 24.0 Å². The number of methoxy groups -OCH3 is 2. The first-order chi connectivity index (χ1) is 12.8. The van der Waals surface area contributed by atoms with E-state index in [2.05, 4.69) is 4.98 Å². The van der Waals surface area contributed by atoms with Gasteiger partial charge in [0.05, 0.1) is 38.4 Å². The summed E-state index contributed by atoms with van der Waals surface area (Å²) >= 11 is 0. The molecule has 8 heteroatoms. The van der Waals surface area contributed by atoms with E-state index in [1.807, 2.05) is 0 Å². The SMILES string of the molecule is CCOC(=O)c1cnc2c(OC)ccc(OC)c2c1N(C)CC(=O)N(C)C. The van der Waals surface area contributed by atoms with Crippen molar-refractivity contribution in [2.75, 3.05) is 53.4 Å². The summed E-state index contributed by atoms with van der Waals surface area (Å²) in [4.78, 5) is 32.4. The Morgan fingerprint density at radius 1 is 1.07 bits per heavy atom. The molecule has 0 atom stereocenters. The van der Waals surface area contributed by atoms with E-state index in [1.54, 1.807) is 52.2 Å². The lowest BCUT2D eigenvalue weighted by atomic mass is 10.1. The van der Waals surface area contributed by atoms with E-state index in [9.17, 15) is 9.59 Å². The molecule has 0 spiro atoms. The van der Waals surface area contributed by atoms with Crippen molar-refractivity contribution >= 4 is 28.5 Å². The molecular weight excluding hydrogens is 350 g/mol. The highest BCUT2D eigenvalue weighted by molar-refractivity contribution is 6.09. The number of pyridine rings is 1. The van der Waals surface area contributed by atoms with Crippen molar-refractivity contribution in [1.82, 2.24) is 9.88 Å². The van der Waals surface area contributed by atoms with E-state index in [1.165, 1.54) is 18.2 Å². The maximum atomic E-state index is 12.5. The predicted molar refractivity (Wildman–Crippen MR) is 103 cm³/mol. The number of fused-ring (bicyclic) bond motifs is 1. The van der Waals surface area contributed by atoms with Gasteiger partial charge in [0.2, 0.25) is 5.91 Å². The van der Waals surface area contributed by atoms with E-state index in [4.69, 9.17) is 14.2 Å². The maximum absolute atomic E-state index is 12.5. The van der Waals surface area contributed by atoms with Crippen molar-refractivity contribution in [3.8, 4) is 11.5 Å². The van der Waals surface area contributed by atoms with Crippen LogP contribution in [0.3, 0.4) is 0 Å². The first-order valence-corrected chi connectivity index (χ1v) is 8.47. The number of hydrogen-bond acceptors (Lipinski definition) is 7. The summed E-state index contributed by atoms with van der Waals surface area (Å²) in [7, 11) is 8.17. The van der Waals surface area contributed by atoms with Gasteiger partial charge in [-0.25, -0.2) is 4.79 Å². The second-order valence-corrected chi connectivity index (χ2v) is 6.08. The van der Waals surface area contributed by atoms with E-state index < -0.39 is 5.97 Å². The largest absolute Gasteiger partial charge is 0.496 e. The van der Waals surface area contributed by atoms with Crippen LogP contribution in [-0.2, 0) is 9.53 Å². The standard InChI is InChI=1S/C19H25N3O5/c1-7-27-19(24)12-10-20-17-14(26-6)9-8-13(25-5)16(17)18(12)22(4)11-15(23)21(2)3/h8-10H,7,11H2,1-6H3. The van der Waals surface area contributed by atoms with Gasteiger partial charge in [0.1, 0.15) is 22.6 Å². The number of anilines is 1. The molecule has 2 rings (SSSR count). The molecule has 1 aromatic carbocycles. The minimum atomic E-state index is -0.518. The van der Waals surface area contributed by atoms with Crippen molar-refractivity contribution in [1.29, 1.82) is 0 Å². The molecule has 8 nitrogen and oxygen atoms in total. The van der Waals surface area contributed by atoms with E-state index in [0.29, 0.717) is 28.1 Å². The normalized spacial score (nSPS) is 10.4. The maximum Gasteiger partial charge on any atom is 0.341 e. The smallest absolute Gasteiger partial charge is 0.341 e. The molecule has 1 aromatic heterocycles. The summed E-state index contributed by atoms with van der Waals surface area (Å²) in [6.45, 7) is 2.03. The Kier molecular flexibility index (Phi) is 6.44. The number of hydrogen-bond donors (Lipinski definition) is 0. The monoisotopic (exact) mass is 375 g/mol. The lowest BCUT2D eigenvalue weighted by Gasteiger charge is -2.25. The predicted octanol–water partition coefficient (Wildman–Crippen LogP) is 1.95. The highest BCUT2D eigenvalue weighted by Crippen LogP contribution is 2.40. The number of rotatable bonds is 7. The molecule has 0 radical (unpaired) electrons. The quantitative estimate of drug-likeness (QED) is 0.684. The molecule has 0 unspecified atom stereocenters. The Morgan fingerprint density at radius 2 is 1.70 bits per heavy atom. The molecule has 2 aromatic rings. The summed E-state index contributed by atoms with van der Waals surface area (Å²) in [6, 6.07) is 3.48. The van der Waals surface area contributed by atoms with Crippen LogP contribution < -0.4 is 14.4 Å². The third-order valence-electron chi connectivity index (χ3n) is 4.11. The number of ether oxygens (including phenoxy) is 3. The molecule has 0 bridgehead atoms. The summed E-state index contributed by atoms with van der Waals surface area (Å²) in [5, 5.41) is 0.580. The van der Waals surface area contributed by atoms with Crippen LogP contribution in [-0.4, -0.2) is 70.3 Å². The molecule has 0 N–H and O–H groups in total. The minimum absolute atomic E-state index is 0.0683. The molecule has 0 fully saturated rings. The minimum Gasteiger partial charge on any atom is -0.496 e. The van der Waals surface area contributed by atoms with Crippen LogP contribution in [0.2, 0.25) is 0 Å². The third-order valence-corrected chi connectivity index (χ3v) is 4.11. The fourth-order valence-electron chi connectivity index (χ4n) is 2.75. The third kappa shape index (κ3) is 4.05. The van der Waals surface area contributed by atoms with Crippen molar-refractivity contribution < 1.29 is 23.8 Å². The number of benzene rings is 1. The second-order valence-electron chi connectivity index (χ2n) is 6.08. The van der Waals surface area contributed by atoms with Gasteiger partial charge in [-0.05, 0) is 19.1 Å². The van der Waals surface area contributed by atoms with Crippen molar-refractivity contribution in [2.24, 2.45) is 0 Å². The number of carbonyl (C=O) groups is 2. The average molecular weight is 375 g/mol. The van der Waals surface area contributed by atoms with Gasteiger partial charge in [-0.2, -0.15) is 0 Å². The molecule has 146 valence electrons. The highest BCUT2D eigenvalue weighted by Gasteiger charge is 2.25. The summed E-state index contributed by atoms with van der Waals surface area (Å²) < 4.78 is 16.1. The fraction of sp³-hybridized carbons (Fsp3) is 0.421. The topological polar surface area (TPSA) is 81.2 Å². The van der Waals surface area contributed by atoms with Gasteiger partial charge >= 0.3 is 5.97 Å². The van der Waals surface area contributed by atoms with Crippen molar-refractivity contribution in [3.63, 3.8) is 0 Å². The first kappa shape index (κ1) is 20.3. The summed E-state index contributed by atoms with van der Waals surface area (Å²) in [6.07, 6.45) is 1.44. The number of aromatic nitrogens is 1. The Labute approximate surface area is 158 Å². The molecule has 1 heterocycles. The Balaban J connectivity index is 2.78. The van der Waals surface area contributed by atoms with Gasteiger partial charge in [-0.15, -0.1) is 0 Å². The molecule has 0 aliphatic carbocycles. The lowest BCUT2D eigenvalue weighted by Crippen LogP contribution is -2.35. The molecule has 0 saturated heterocycles. The number of carbonyl (C=O) groups excluding carboxylic acids is 2. The van der Waals surface area contributed by atoms with Gasteiger partial charge in [-0.3, -0.25) is 9.78 Å². The van der Waals surface area contributed by atoms with Gasteiger partial charge in [0.15, 0.2) is 0 Å². The fourth-order valence-corrected chi connectivity index (χ4v) is 2.75. The molecule has 0 saturated carbocycles. The van der Waals surface area contributed by atoms with Crippen LogP contribution in [0.4, 0.5) is 5.69 Å². The van der Waals surface area contributed by atoms with Crippen LogP contribution in [0.5, 0.6) is 11.5 Å². The first-order valence-electron chi connectivity index (χ1n) is 8.47. The Hall–Kier alpha value is -3.03. The van der Waals surface area contributed by atoms with Crippen molar-refractivity contribution in [3.05, 3.63) is 23.9 Å². The zero-order valence-electron chi connectivity index (χ0n) is 16.5. The molecule has 0 aliphatic rings. The molecule has 0 aliphatic heterocycles. The van der Waals surface area contributed by atoms with E-state index in [0.717, 1.165) is 0 Å². The van der Waals surface area contributed by atoms with Gasteiger partial charge in [-0.1, -0.05) is 0 Å². The Bertz CT molecular complexity index is 851. The molecule has 27 heavy (non-hydrogen) atoms. The van der Waals surface area contributed by atoms with Gasteiger partial charge in [0.25, 0.3) is 0 Å². The van der Waals surface area contributed by atoms with E-state index >= 15 is 0 Å². The van der Waals surface area contributed by atoms with E-state index in [-0.39, 0.29) is 24.6 Å². The van der Waals surface area contributed by atoms with Crippen LogP contribution in [0, 0.1) is 0 Å². The number of nitrogens with zero attached hydrogens (tertiary/aromatic N) is 3.